The standard InChI is InChI=1S/C19H22ClN3O2/c1-3-5-18(24)22-15-10-8-14(9-11-15)21-12-19(25)23-17-7-4-6-16(20)13(17)2/h4,6-11,21H,3,5,12H2,1-2H3,(H,22,24)(H,23,25). The predicted octanol–water partition coefficient (Wildman–Crippen LogP) is 4.44. The van der Waals surface area contributed by atoms with E-state index in [2.05, 4.69) is 16.0 Å². The van der Waals surface area contributed by atoms with Crippen LogP contribution in [0.5, 0.6) is 0 Å². The van der Waals surface area contributed by atoms with Crippen molar-refractivity contribution >= 4 is 40.5 Å². The summed E-state index contributed by atoms with van der Waals surface area (Å²) in [4.78, 5) is 23.6. The summed E-state index contributed by atoms with van der Waals surface area (Å²) >= 11 is 6.04. The molecule has 2 rings (SSSR count). The summed E-state index contributed by atoms with van der Waals surface area (Å²) in [5, 5.41) is 9.31. The quantitative estimate of drug-likeness (QED) is 0.684. The Bertz CT molecular complexity index is 745. The molecular formula is C19H22ClN3O2. The molecule has 0 radical (unpaired) electrons. The molecule has 2 aromatic carbocycles. The van der Waals surface area contributed by atoms with E-state index in [0.29, 0.717) is 17.1 Å². The predicted molar refractivity (Wildman–Crippen MR) is 103 cm³/mol. The van der Waals surface area contributed by atoms with E-state index in [1.165, 1.54) is 0 Å². The number of carbonyl (C=O) groups excluding carboxylic acids is 2. The Hall–Kier alpha value is -2.53. The highest BCUT2D eigenvalue weighted by Gasteiger charge is 2.07. The Morgan fingerprint density at radius 1 is 0.960 bits per heavy atom. The zero-order valence-corrected chi connectivity index (χ0v) is 15.1. The van der Waals surface area contributed by atoms with E-state index in [1.807, 2.05) is 32.0 Å². The number of halogens is 1. The zero-order chi connectivity index (χ0) is 18.2. The van der Waals surface area contributed by atoms with Gasteiger partial charge in [0.1, 0.15) is 0 Å². The monoisotopic (exact) mass is 359 g/mol. The Morgan fingerprint density at radius 3 is 2.32 bits per heavy atom. The summed E-state index contributed by atoms with van der Waals surface area (Å²) in [6.07, 6.45) is 1.32. The van der Waals surface area contributed by atoms with Crippen molar-refractivity contribution in [2.45, 2.75) is 26.7 Å². The molecule has 0 aromatic heterocycles. The second kappa shape index (κ2) is 9.08. The van der Waals surface area contributed by atoms with Gasteiger partial charge in [0.05, 0.1) is 6.54 Å². The highest BCUT2D eigenvalue weighted by Crippen LogP contribution is 2.22. The van der Waals surface area contributed by atoms with Crippen LogP contribution in [0.1, 0.15) is 25.3 Å². The molecule has 0 aliphatic carbocycles. The summed E-state index contributed by atoms with van der Waals surface area (Å²) in [7, 11) is 0. The molecule has 0 aliphatic rings. The molecule has 0 saturated carbocycles. The number of anilines is 3. The molecule has 0 bridgehead atoms. The third-order valence-corrected chi connectivity index (χ3v) is 4.05. The number of hydrogen-bond acceptors (Lipinski definition) is 3. The van der Waals surface area contributed by atoms with Crippen molar-refractivity contribution in [1.82, 2.24) is 0 Å². The van der Waals surface area contributed by atoms with Gasteiger partial charge in [0.15, 0.2) is 0 Å². The van der Waals surface area contributed by atoms with Crippen LogP contribution in [0.4, 0.5) is 17.1 Å². The second-order valence-corrected chi connectivity index (χ2v) is 6.10. The molecule has 25 heavy (non-hydrogen) atoms. The smallest absolute Gasteiger partial charge is 0.243 e. The third kappa shape index (κ3) is 5.80. The first-order valence-electron chi connectivity index (χ1n) is 8.18. The van der Waals surface area contributed by atoms with Gasteiger partial charge >= 0.3 is 0 Å². The third-order valence-electron chi connectivity index (χ3n) is 3.64. The average Bonchev–Trinajstić information content (AvgIpc) is 2.58. The molecule has 3 N–H and O–H groups in total. The minimum absolute atomic E-state index is 0.000483. The first-order chi connectivity index (χ1) is 12.0. The molecule has 0 spiro atoms. The van der Waals surface area contributed by atoms with Gasteiger partial charge in [-0.25, -0.2) is 0 Å². The van der Waals surface area contributed by atoms with Crippen LogP contribution in [0.15, 0.2) is 42.5 Å². The summed E-state index contributed by atoms with van der Waals surface area (Å²) in [5.74, 6) is -0.162. The Labute approximate surface area is 152 Å². The van der Waals surface area contributed by atoms with Crippen LogP contribution in [0, 0.1) is 6.92 Å². The molecule has 6 heteroatoms. The fourth-order valence-corrected chi connectivity index (χ4v) is 2.42. The zero-order valence-electron chi connectivity index (χ0n) is 14.4. The summed E-state index contributed by atoms with van der Waals surface area (Å²) in [5.41, 5.74) is 3.08. The summed E-state index contributed by atoms with van der Waals surface area (Å²) in [6.45, 7) is 3.95. The van der Waals surface area contributed by atoms with Crippen LogP contribution < -0.4 is 16.0 Å². The highest BCUT2D eigenvalue weighted by molar-refractivity contribution is 6.31. The van der Waals surface area contributed by atoms with Crippen LogP contribution in [-0.2, 0) is 9.59 Å². The normalized spacial score (nSPS) is 10.2. The highest BCUT2D eigenvalue weighted by atomic mass is 35.5. The number of hydrogen-bond donors (Lipinski definition) is 3. The van der Waals surface area contributed by atoms with E-state index >= 15 is 0 Å². The van der Waals surface area contributed by atoms with Gasteiger partial charge in [-0.1, -0.05) is 24.6 Å². The maximum Gasteiger partial charge on any atom is 0.243 e. The van der Waals surface area contributed by atoms with Gasteiger partial charge in [-0.3, -0.25) is 9.59 Å². The lowest BCUT2D eigenvalue weighted by Crippen LogP contribution is -2.22. The van der Waals surface area contributed by atoms with E-state index < -0.39 is 0 Å². The number of nitrogens with one attached hydrogen (secondary N) is 3. The maximum absolute atomic E-state index is 12.1. The van der Waals surface area contributed by atoms with Gasteiger partial charge in [0.25, 0.3) is 0 Å². The number of rotatable bonds is 7. The molecule has 2 amide bonds. The van der Waals surface area contributed by atoms with E-state index in [0.717, 1.165) is 23.4 Å². The Morgan fingerprint density at radius 2 is 1.64 bits per heavy atom. The molecule has 0 aliphatic heterocycles. The number of benzene rings is 2. The van der Waals surface area contributed by atoms with Crippen LogP contribution in [0.25, 0.3) is 0 Å². The minimum Gasteiger partial charge on any atom is -0.376 e. The Balaban J connectivity index is 1.85. The molecule has 0 saturated heterocycles. The van der Waals surface area contributed by atoms with Crippen molar-refractivity contribution in [2.75, 3.05) is 22.5 Å². The van der Waals surface area contributed by atoms with Gasteiger partial charge in [0.2, 0.25) is 11.8 Å². The van der Waals surface area contributed by atoms with E-state index in [1.54, 1.807) is 24.3 Å². The summed E-state index contributed by atoms with van der Waals surface area (Å²) < 4.78 is 0. The van der Waals surface area contributed by atoms with Crippen molar-refractivity contribution in [3.8, 4) is 0 Å². The van der Waals surface area contributed by atoms with E-state index in [-0.39, 0.29) is 18.4 Å². The first kappa shape index (κ1) is 18.8. The van der Waals surface area contributed by atoms with Gasteiger partial charge in [-0.2, -0.15) is 0 Å². The molecule has 2 aromatic rings. The topological polar surface area (TPSA) is 70.2 Å². The first-order valence-corrected chi connectivity index (χ1v) is 8.56. The van der Waals surface area contributed by atoms with E-state index in [9.17, 15) is 9.59 Å². The maximum atomic E-state index is 12.1. The SMILES string of the molecule is CCCC(=O)Nc1ccc(NCC(=O)Nc2cccc(Cl)c2C)cc1. The molecule has 0 atom stereocenters. The summed E-state index contributed by atoms with van der Waals surface area (Å²) in [6, 6.07) is 12.6. The lowest BCUT2D eigenvalue weighted by Gasteiger charge is -2.11. The van der Waals surface area contributed by atoms with Gasteiger partial charge in [-0.15, -0.1) is 0 Å². The second-order valence-electron chi connectivity index (χ2n) is 5.69. The van der Waals surface area contributed by atoms with Crippen LogP contribution >= 0.6 is 11.6 Å². The van der Waals surface area contributed by atoms with Crippen LogP contribution in [0.2, 0.25) is 5.02 Å². The number of carbonyl (C=O) groups is 2. The lowest BCUT2D eigenvalue weighted by molar-refractivity contribution is -0.116. The van der Waals surface area contributed by atoms with Crippen molar-refractivity contribution in [1.29, 1.82) is 0 Å². The van der Waals surface area contributed by atoms with Crippen molar-refractivity contribution in [2.24, 2.45) is 0 Å². The van der Waals surface area contributed by atoms with Crippen molar-refractivity contribution in [3.05, 3.63) is 53.1 Å². The van der Waals surface area contributed by atoms with Gasteiger partial charge < -0.3 is 16.0 Å². The Kier molecular flexibility index (Phi) is 6.83. The van der Waals surface area contributed by atoms with Crippen LogP contribution in [-0.4, -0.2) is 18.4 Å². The fraction of sp³-hybridized carbons (Fsp3) is 0.263. The lowest BCUT2D eigenvalue weighted by atomic mass is 10.2. The van der Waals surface area contributed by atoms with E-state index in [4.69, 9.17) is 11.6 Å². The molecule has 0 fully saturated rings. The molecular weight excluding hydrogens is 338 g/mol. The fourth-order valence-electron chi connectivity index (χ4n) is 2.24. The number of amides is 2. The van der Waals surface area contributed by atoms with Crippen molar-refractivity contribution in [3.63, 3.8) is 0 Å². The largest absolute Gasteiger partial charge is 0.376 e. The van der Waals surface area contributed by atoms with Crippen LogP contribution in [0.3, 0.4) is 0 Å². The van der Waals surface area contributed by atoms with Gasteiger partial charge in [-0.05, 0) is 55.3 Å². The average molecular weight is 360 g/mol. The molecule has 0 heterocycles. The molecule has 0 unspecified atom stereocenters. The molecule has 132 valence electrons. The van der Waals surface area contributed by atoms with Gasteiger partial charge in [0, 0.05) is 28.5 Å². The minimum atomic E-state index is -0.161. The molecule has 5 nitrogen and oxygen atoms in total. The van der Waals surface area contributed by atoms with Crippen molar-refractivity contribution < 1.29 is 9.59 Å².